The molecule has 0 saturated carbocycles. The van der Waals surface area contributed by atoms with Gasteiger partial charge < -0.3 is 15.2 Å². The molecule has 4 nitrogen and oxygen atoms in total. The molecule has 4 heteroatoms. The zero-order valence-electron chi connectivity index (χ0n) is 12.8. The molecule has 1 fully saturated rings. The van der Waals surface area contributed by atoms with Crippen LogP contribution in [0.1, 0.15) is 43.9 Å². The highest BCUT2D eigenvalue weighted by Crippen LogP contribution is 2.22. The molecule has 2 aromatic rings. The van der Waals surface area contributed by atoms with Gasteiger partial charge in [-0.3, -0.25) is 0 Å². The highest BCUT2D eigenvalue weighted by Gasteiger charge is 2.17. The number of urea groups is 1. The van der Waals surface area contributed by atoms with Gasteiger partial charge in [-0.1, -0.05) is 26.0 Å². The second-order valence-corrected chi connectivity index (χ2v) is 6.15. The van der Waals surface area contributed by atoms with Crippen LogP contribution in [0.25, 0.3) is 10.9 Å². The molecule has 0 atom stereocenters. The Kier molecular flexibility index (Phi) is 3.86. The monoisotopic (exact) mass is 285 g/mol. The SMILES string of the molecule is CC(C)c1ccc2cc(CNC(=O)N3CCCC3)[nH]c2c1. The average Bonchev–Trinajstić information content (AvgIpc) is 3.12. The molecule has 2 N–H and O–H groups in total. The predicted octanol–water partition coefficient (Wildman–Crippen LogP) is 3.60. The number of aromatic nitrogens is 1. The molecule has 2 heterocycles. The van der Waals surface area contributed by atoms with E-state index < -0.39 is 0 Å². The van der Waals surface area contributed by atoms with Gasteiger partial charge in [0.05, 0.1) is 6.54 Å². The molecule has 0 spiro atoms. The van der Waals surface area contributed by atoms with Crippen LogP contribution in [0.5, 0.6) is 0 Å². The van der Waals surface area contributed by atoms with Gasteiger partial charge in [0.25, 0.3) is 0 Å². The third-order valence-electron chi connectivity index (χ3n) is 4.19. The highest BCUT2D eigenvalue weighted by atomic mass is 16.2. The lowest BCUT2D eigenvalue weighted by Gasteiger charge is -2.15. The Morgan fingerprint density at radius 3 is 2.76 bits per heavy atom. The van der Waals surface area contributed by atoms with Gasteiger partial charge in [0.2, 0.25) is 0 Å². The molecule has 0 unspecified atom stereocenters. The Balaban J connectivity index is 1.68. The van der Waals surface area contributed by atoms with Crippen LogP contribution in [0.15, 0.2) is 24.3 Å². The van der Waals surface area contributed by atoms with Gasteiger partial charge >= 0.3 is 6.03 Å². The van der Waals surface area contributed by atoms with Gasteiger partial charge in [0.15, 0.2) is 0 Å². The van der Waals surface area contributed by atoms with Crippen molar-refractivity contribution in [2.75, 3.05) is 13.1 Å². The summed E-state index contributed by atoms with van der Waals surface area (Å²) in [4.78, 5) is 17.3. The molecule has 0 aliphatic carbocycles. The smallest absolute Gasteiger partial charge is 0.317 e. The molecule has 1 aromatic carbocycles. The van der Waals surface area contributed by atoms with Crippen LogP contribution in [-0.2, 0) is 6.54 Å². The molecule has 1 aliphatic rings. The molecule has 21 heavy (non-hydrogen) atoms. The molecular weight excluding hydrogens is 262 g/mol. The standard InChI is InChI=1S/C17H23N3O/c1-12(2)13-5-6-14-9-15(19-16(14)10-13)11-18-17(21)20-7-3-4-8-20/h5-6,9-10,12,19H,3-4,7-8,11H2,1-2H3,(H,18,21). The second kappa shape index (κ2) is 5.80. The van der Waals surface area contributed by atoms with Crippen molar-refractivity contribution in [3.63, 3.8) is 0 Å². The molecule has 1 aliphatic heterocycles. The second-order valence-electron chi connectivity index (χ2n) is 6.15. The van der Waals surface area contributed by atoms with Crippen molar-refractivity contribution in [1.82, 2.24) is 15.2 Å². The summed E-state index contributed by atoms with van der Waals surface area (Å²) >= 11 is 0. The van der Waals surface area contributed by atoms with E-state index in [0.29, 0.717) is 12.5 Å². The number of carbonyl (C=O) groups is 1. The minimum absolute atomic E-state index is 0.0500. The van der Waals surface area contributed by atoms with Crippen LogP contribution in [-0.4, -0.2) is 29.0 Å². The fourth-order valence-corrected chi connectivity index (χ4v) is 2.86. The Bertz CT molecular complexity index is 639. The molecule has 1 aromatic heterocycles. The van der Waals surface area contributed by atoms with E-state index in [1.54, 1.807) is 0 Å². The van der Waals surface area contributed by atoms with E-state index in [1.165, 1.54) is 10.9 Å². The zero-order valence-corrected chi connectivity index (χ0v) is 12.8. The number of amides is 2. The number of rotatable bonds is 3. The number of nitrogens with one attached hydrogen (secondary N) is 2. The minimum atomic E-state index is 0.0500. The van der Waals surface area contributed by atoms with Crippen molar-refractivity contribution in [2.24, 2.45) is 0 Å². The number of benzene rings is 1. The van der Waals surface area contributed by atoms with Crippen molar-refractivity contribution in [1.29, 1.82) is 0 Å². The normalized spacial score (nSPS) is 15.1. The number of H-pyrrole nitrogens is 1. The van der Waals surface area contributed by atoms with Gasteiger partial charge in [-0.2, -0.15) is 0 Å². The number of hydrogen-bond donors (Lipinski definition) is 2. The van der Waals surface area contributed by atoms with Crippen LogP contribution < -0.4 is 5.32 Å². The van der Waals surface area contributed by atoms with Gasteiger partial charge in [0, 0.05) is 24.3 Å². The maximum atomic E-state index is 12.0. The van der Waals surface area contributed by atoms with Gasteiger partial charge in [-0.05, 0) is 41.8 Å². The maximum absolute atomic E-state index is 12.0. The van der Waals surface area contributed by atoms with E-state index in [4.69, 9.17) is 0 Å². The fraction of sp³-hybridized carbons (Fsp3) is 0.471. The minimum Gasteiger partial charge on any atom is -0.357 e. The summed E-state index contributed by atoms with van der Waals surface area (Å²) in [5.41, 5.74) is 3.53. The lowest BCUT2D eigenvalue weighted by molar-refractivity contribution is 0.208. The first kappa shape index (κ1) is 14.0. The van der Waals surface area contributed by atoms with E-state index in [9.17, 15) is 4.79 Å². The predicted molar refractivity (Wildman–Crippen MR) is 85.4 cm³/mol. The van der Waals surface area contributed by atoms with Crippen LogP contribution >= 0.6 is 0 Å². The summed E-state index contributed by atoms with van der Waals surface area (Å²) in [5, 5.41) is 4.19. The van der Waals surface area contributed by atoms with Crippen LogP contribution in [0.4, 0.5) is 4.79 Å². The third kappa shape index (κ3) is 3.04. The zero-order chi connectivity index (χ0) is 14.8. The number of aromatic amines is 1. The number of fused-ring (bicyclic) bond motifs is 1. The molecule has 0 bridgehead atoms. The third-order valence-corrected chi connectivity index (χ3v) is 4.19. The largest absolute Gasteiger partial charge is 0.357 e. The topological polar surface area (TPSA) is 48.1 Å². The quantitative estimate of drug-likeness (QED) is 0.889. The molecule has 2 amide bonds. The Labute approximate surface area is 125 Å². The maximum Gasteiger partial charge on any atom is 0.317 e. The fourth-order valence-electron chi connectivity index (χ4n) is 2.86. The van der Waals surface area contributed by atoms with Crippen LogP contribution in [0, 0.1) is 0 Å². The summed E-state index contributed by atoms with van der Waals surface area (Å²) < 4.78 is 0. The van der Waals surface area contributed by atoms with E-state index >= 15 is 0 Å². The van der Waals surface area contributed by atoms with Crippen molar-refractivity contribution in [3.05, 3.63) is 35.5 Å². The van der Waals surface area contributed by atoms with Crippen molar-refractivity contribution in [2.45, 2.75) is 39.2 Å². The first-order valence-corrected chi connectivity index (χ1v) is 7.78. The molecular formula is C17H23N3O. The van der Waals surface area contributed by atoms with Gasteiger partial charge in [-0.15, -0.1) is 0 Å². The highest BCUT2D eigenvalue weighted by molar-refractivity contribution is 5.81. The van der Waals surface area contributed by atoms with Crippen molar-refractivity contribution >= 4 is 16.9 Å². The number of likely N-dealkylation sites (tertiary alicyclic amines) is 1. The summed E-state index contributed by atoms with van der Waals surface area (Å²) in [6.07, 6.45) is 2.25. The van der Waals surface area contributed by atoms with E-state index in [-0.39, 0.29) is 6.03 Å². The first-order chi connectivity index (χ1) is 10.1. The van der Waals surface area contributed by atoms with Crippen molar-refractivity contribution in [3.8, 4) is 0 Å². The number of nitrogens with zero attached hydrogens (tertiary/aromatic N) is 1. The first-order valence-electron chi connectivity index (χ1n) is 7.78. The molecule has 0 radical (unpaired) electrons. The Morgan fingerprint density at radius 2 is 2.05 bits per heavy atom. The van der Waals surface area contributed by atoms with Crippen LogP contribution in [0.3, 0.4) is 0 Å². The average molecular weight is 285 g/mol. The van der Waals surface area contributed by atoms with Gasteiger partial charge in [-0.25, -0.2) is 4.79 Å². The lowest BCUT2D eigenvalue weighted by atomic mass is 10.0. The lowest BCUT2D eigenvalue weighted by Crippen LogP contribution is -2.37. The van der Waals surface area contributed by atoms with Crippen molar-refractivity contribution < 1.29 is 4.79 Å². The molecule has 3 rings (SSSR count). The number of hydrogen-bond acceptors (Lipinski definition) is 1. The van der Waals surface area contributed by atoms with Crippen LogP contribution in [0.2, 0.25) is 0 Å². The van der Waals surface area contributed by atoms with E-state index in [2.05, 4.69) is 48.4 Å². The summed E-state index contributed by atoms with van der Waals surface area (Å²) in [6, 6.07) is 8.68. The summed E-state index contributed by atoms with van der Waals surface area (Å²) in [6.45, 7) is 6.72. The summed E-state index contributed by atoms with van der Waals surface area (Å²) in [7, 11) is 0. The molecule has 1 saturated heterocycles. The van der Waals surface area contributed by atoms with E-state index in [0.717, 1.165) is 37.1 Å². The Morgan fingerprint density at radius 1 is 1.29 bits per heavy atom. The number of carbonyl (C=O) groups excluding carboxylic acids is 1. The summed E-state index contributed by atoms with van der Waals surface area (Å²) in [5.74, 6) is 0.524. The Hall–Kier alpha value is -1.97. The molecule has 112 valence electrons. The van der Waals surface area contributed by atoms with E-state index in [1.807, 2.05) is 4.90 Å². The van der Waals surface area contributed by atoms with Gasteiger partial charge in [0.1, 0.15) is 0 Å².